The number of benzene rings is 2. The van der Waals surface area contributed by atoms with Gasteiger partial charge in [0.2, 0.25) is 5.91 Å². The molecule has 0 bridgehead atoms. The Morgan fingerprint density at radius 2 is 1.88 bits per heavy atom. The van der Waals surface area contributed by atoms with Crippen molar-refractivity contribution in [3.8, 4) is 0 Å². The second-order valence-electron chi connectivity index (χ2n) is 6.48. The molecule has 5 nitrogen and oxygen atoms in total. The van der Waals surface area contributed by atoms with E-state index >= 15 is 0 Å². The lowest BCUT2D eigenvalue weighted by Gasteiger charge is -2.28. The van der Waals surface area contributed by atoms with Crippen LogP contribution in [0.2, 0.25) is 0 Å². The molecule has 3 rings (SSSR count). The second kappa shape index (κ2) is 8.53. The van der Waals surface area contributed by atoms with E-state index in [0.29, 0.717) is 6.42 Å². The van der Waals surface area contributed by atoms with Crippen molar-refractivity contribution >= 4 is 34.6 Å². The quantitative estimate of drug-likeness (QED) is 0.592. The first kappa shape index (κ1) is 18.7. The number of hydrogen-bond acceptors (Lipinski definition) is 2. The first-order chi connectivity index (χ1) is 12.5. The third kappa shape index (κ3) is 4.75. The van der Waals surface area contributed by atoms with Gasteiger partial charge in [0.05, 0.1) is 6.04 Å². The lowest BCUT2D eigenvalue weighted by atomic mass is 9.87. The number of rotatable bonds is 5. The maximum Gasteiger partial charge on any atom is 0.405 e. The lowest BCUT2D eigenvalue weighted by Crippen LogP contribution is -2.48. The van der Waals surface area contributed by atoms with Gasteiger partial charge in [0.25, 0.3) is 0 Å². The SMILES string of the molecule is O=C(O)NC(Cc1ccc(I)cc1)C(=O)N[C@@H]1CCCc2ccccc21. The Morgan fingerprint density at radius 1 is 1.15 bits per heavy atom. The van der Waals surface area contributed by atoms with Gasteiger partial charge in [0.1, 0.15) is 6.04 Å². The van der Waals surface area contributed by atoms with Crippen LogP contribution in [0.25, 0.3) is 0 Å². The van der Waals surface area contributed by atoms with Crippen molar-refractivity contribution in [3.05, 3.63) is 68.8 Å². The first-order valence-electron chi connectivity index (χ1n) is 8.65. The number of hydrogen-bond donors (Lipinski definition) is 3. The molecule has 0 saturated heterocycles. The molecule has 2 atom stereocenters. The van der Waals surface area contributed by atoms with Crippen LogP contribution < -0.4 is 10.6 Å². The molecule has 26 heavy (non-hydrogen) atoms. The van der Waals surface area contributed by atoms with E-state index in [2.05, 4.69) is 39.3 Å². The number of nitrogens with one attached hydrogen (secondary N) is 2. The molecule has 2 aromatic carbocycles. The molecule has 2 amide bonds. The Labute approximate surface area is 166 Å². The Kier molecular flexibility index (Phi) is 6.13. The molecule has 0 radical (unpaired) electrons. The van der Waals surface area contributed by atoms with Gasteiger partial charge in [0.15, 0.2) is 0 Å². The lowest BCUT2D eigenvalue weighted by molar-refractivity contribution is -0.123. The zero-order chi connectivity index (χ0) is 18.5. The highest BCUT2D eigenvalue weighted by Crippen LogP contribution is 2.29. The van der Waals surface area contributed by atoms with Gasteiger partial charge < -0.3 is 15.7 Å². The summed E-state index contributed by atoms with van der Waals surface area (Å²) in [7, 11) is 0. The highest BCUT2D eigenvalue weighted by Gasteiger charge is 2.26. The maximum atomic E-state index is 12.8. The highest BCUT2D eigenvalue weighted by molar-refractivity contribution is 14.1. The molecule has 1 aliphatic carbocycles. The number of carbonyl (C=O) groups excluding carboxylic acids is 1. The summed E-state index contributed by atoms with van der Waals surface area (Å²) in [6.45, 7) is 0. The number of carboxylic acid groups (broad SMARTS) is 1. The number of aryl methyl sites for hydroxylation is 1. The van der Waals surface area contributed by atoms with Crippen LogP contribution in [0.1, 0.15) is 35.6 Å². The Hall–Kier alpha value is -2.09. The summed E-state index contributed by atoms with van der Waals surface area (Å²) >= 11 is 2.21. The smallest absolute Gasteiger partial charge is 0.405 e. The van der Waals surface area contributed by atoms with Crippen LogP contribution in [0, 0.1) is 3.57 Å². The largest absolute Gasteiger partial charge is 0.465 e. The first-order valence-corrected chi connectivity index (χ1v) is 9.73. The Morgan fingerprint density at radius 3 is 2.62 bits per heavy atom. The third-order valence-corrected chi connectivity index (χ3v) is 5.37. The van der Waals surface area contributed by atoms with Crippen LogP contribution in [0.5, 0.6) is 0 Å². The molecule has 6 heteroatoms. The minimum Gasteiger partial charge on any atom is -0.465 e. The van der Waals surface area contributed by atoms with E-state index in [1.54, 1.807) is 0 Å². The molecule has 0 spiro atoms. The van der Waals surface area contributed by atoms with Crippen molar-refractivity contribution in [2.45, 2.75) is 37.8 Å². The van der Waals surface area contributed by atoms with Crippen molar-refractivity contribution in [3.63, 3.8) is 0 Å². The van der Waals surface area contributed by atoms with Gasteiger partial charge in [0, 0.05) is 9.99 Å². The van der Waals surface area contributed by atoms with Crippen molar-refractivity contribution in [1.82, 2.24) is 10.6 Å². The van der Waals surface area contributed by atoms with Gasteiger partial charge in [-0.3, -0.25) is 4.79 Å². The zero-order valence-corrected chi connectivity index (χ0v) is 16.4. The minimum absolute atomic E-state index is 0.0673. The summed E-state index contributed by atoms with van der Waals surface area (Å²) < 4.78 is 1.09. The van der Waals surface area contributed by atoms with E-state index in [4.69, 9.17) is 5.11 Å². The predicted octanol–water partition coefficient (Wildman–Crippen LogP) is 3.66. The number of halogens is 1. The topological polar surface area (TPSA) is 78.4 Å². The summed E-state index contributed by atoms with van der Waals surface area (Å²) in [6, 6.07) is 15.0. The van der Waals surface area contributed by atoms with Crippen molar-refractivity contribution in [2.24, 2.45) is 0 Å². The van der Waals surface area contributed by atoms with Crippen molar-refractivity contribution in [2.75, 3.05) is 0 Å². The maximum absolute atomic E-state index is 12.8. The molecule has 3 N–H and O–H groups in total. The predicted molar refractivity (Wildman–Crippen MR) is 108 cm³/mol. The van der Waals surface area contributed by atoms with E-state index in [-0.39, 0.29) is 11.9 Å². The summed E-state index contributed by atoms with van der Waals surface area (Å²) in [6.07, 6.45) is 2.02. The number of amides is 2. The van der Waals surface area contributed by atoms with Gasteiger partial charge in [-0.15, -0.1) is 0 Å². The summed E-state index contributed by atoms with van der Waals surface area (Å²) in [5, 5.41) is 14.5. The summed E-state index contributed by atoms with van der Waals surface area (Å²) in [5.41, 5.74) is 3.31. The molecule has 136 valence electrons. The summed E-state index contributed by atoms with van der Waals surface area (Å²) in [4.78, 5) is 23.9. The molecular formula is C20H21IN2O3. The average Bonchev–Trinajstić information content (AvgIpc) is 2.63. The molecule has 0 heterocycles. The van der Waals surface area contributed by atoms with E-state index in [1.165, 1.54) is 5.56 Å². The normalized spacial score (nSPS) is 17.0. The van der Waals surface area contributed by atoms with Crippen LogP contribution in [0.15, 0.2) is 48.5 Å². The molecule has 0 fully saturated rings. The Balaban J connectivity index is 1.73. The fraction of sp³-hybridized carbons (Fsp3) is 0.300. The molecule has 0 aliphatic heterocycles. The molecular weight excluding hydrogens is 443 g/mol. The van der Waals surface area contributed by atoms with Gasteiger partial charge in [-0.1, -0.05) is 36.4 Å². The highest BCUT2D eigenvalue weighted by atomic mass is 127. The van der Waals surface area contributed by atoms with Crippen LogP contribution in [0.4, 0.5) is 4.79 Å². The van der Waals surface area contributed by atoms with Gasteiger partial charge in [-0.2, -0.15) is 0 Å². The van der Waals surface area contributed by atoms with Gasteiger partial charge in [-0.05, 0) is 70.7 Å². The zero-order valence-electron chi connectivity index (χ0n) is 14.2. The van der Waals surface area contributed by atoms with Crippen LogP contribution >= 0.6 is 22.6 Å². The van der Waals surface area contributed by atoms with Crippen LogP contribution in [-0.2, 0) is 17.6 Å². The van der Waals surface area contributed by atoms with E-state index in [9.17, 15) is 9.59 Å². The second-order valence-corrected chi connectivity index (χ2v) is 7.73. The number of fused-ring (bicyclic) bond motifs is 1. The van der Waals surface area contributed by atoms with Crippen LogP contribution in [-0.4, -0.2) is 23.1 Å². The monoisotopic (exact) mass is 464 g/mol. The third-order valence-electron chi connectivity index (χ3n) is 4.65. The molecule has 2 aromatic rings. The van der Waals surface area contributed by atoms with Gasteiger partial charge >= 0.3 is 6.09 Å². The van der Waals surface area contributed by atoms with E-state index in [0.717, 1.165) is 34.0 Å². The molecule has 1 aliphatic rings. The van der Waals surface area contributed by atoms with E-state index < -0.39 is 12.1 Å². The van der Waals surface area contributed by atoms with Crippen molar-refractivity contribution < 1.29 is 14.7 Å². The fourth-order valence-electron chi connectivity index (χ4n) is 3.39. The number of carbonyl (C=O) groups is 2. The van der Waals surface area contributed by atoms with Crippen molar-refractivity contribution in [1.29, 1.82) is 0 Å². The minimum atomic E-state index is -1.19. The molecule has 0 aromatic heterocycles. The van der Waals surface area contributed by atoms with E-state index in [1.807, 2.05) is 42.5 Å². The average molecular weight is 464 g/mol. The standard InChI is InChI=1S/C20H21IN2O3/c21-15-10-8-13(9-11-15)12-18(23-20(25)26)19(24)22-17-7-3-5-14-4-1-2-6-16(14)17/h1-2,4,6,8-11,17-18,23H,3,5,7,12H2,(H,22,24)(H,25,26)/t17-,18?/m1/s1. The van der Waals surface area contributed by atoms with Crippen LogP contribution in [0.3, 0.4) is 0 Å². The Bertz CT molecular complexity index is 792. The van der Waals surface area contributed by atoms with Gasteiger partial charge in [-0.25, -0.2) is 4.79 Å². The fourth-order valence-corrected chi connectivity index (χ4v) is 3.75. The summed E-state index contributed by atoms with van der Waals surface area (Å²) in [5.74, 6) is -0.285. The molecule has 0 saturated carbocycles. The molecule has 1 unspecified atom stereocenters.